The van der Waals surface area contributed by atoms with Crippen LogP contribution in [0.5, 0.6) is 17.6 Å². The van der Waals surface area contributed by atoms with Gasteiger partial charge < -0.3 is 73.8 Å². The summed E-state index contributed by atoms with van der Waals surface area (Å²) in [7, 11) is 6.93. The number of amides is 8. The fourth-order valence-corrected chi connectivity index (χ4v) is 18.8. The zero-order chi connectivity index (χ0) is 104. The molecule has 7 heterocycles. The molecule has 778 valence electrons. The number of para-hydroxylation sites is 4. The summed E-state index contributed by atoms with van der Waals surface area (Å²) in [6, 6.07) is 63.0. The molecule has 4 saturated carbocycles. The zero-order valence-corrected chi connectivity index (χ0v) is 86.9. The fourth-order valence-electron chi connectivity index (χ4n) is 18.4. The van der Waals surface area contributed by atoms with Gasteiger partial charge in [-0.2, -0.15) is 10.2 Å². The smallest absolute Gasteiger partial charge is 0.320 e. The first kappa shape index (κ1) is 106. The number of nitrogens with zero attached hydrogens (tertiary/aromatic N) is 12. The number of benzene rings is 8. The number of methoxy groups -OCH3 is 3. The van der Waals surface area contributed by atoms with Crippen molar-refractivity contribution < 1.29 is 71.7 Å². The van der Waals surface area contributed by atoms with Gasteiger partial charge in [0.1, 0.15) is 54.4 Å². The molecule has 5 fully saturated rings. The van der Waals surface area contributed by atoms with E-state index in [2.05, 4.69) is 152 Å². The number of aliphatic hydroxyl groups is 2. The maximum Gasteiger partial charge on any atom is 0.320 e. The van der Waals surface area contributed by atoms with Gasteiger partial charge in [-0.1, -0.05) is 159 Å². The van der Waals surface area contributed by atoms with Gasteiger partial charge in [0.05, 0.1) is 78.7 Å². The van der Waals surface area contributed by atoms with Gasteiger partial charge in [-0.3, -0.25) is 25.9 Å². The first-order valence-electron chi connectivity index (χ1n) is 50.4. The maximum absolute atomic E-state index is 13.2. The van der Waals surface area contributed by atoms with Gasteiger partial charge >= 0.3 is 24.1 Å². The molecule has 0 bridgehead atoms. The van der Waals surface area contributed by atoms with Crippen molar-refractivity contribution in [1.82, 2.24) is 80.4 Å². The van der Waals surface area contributed by atoms with Gasteiger partial charge in [-0.15, -0.1) is 37.3 Å². The van der Waals surface area contributed by atoms with E-state index in [1.165, 1.54) is 110 Å². The first-order chi connectivity index (χ1) is 71.9. The number of aryl methyl sites for hydroxylation is 2. The Morgan fingerprint density at radius 1 is 0.459 bits per heavy atom. The molecule has 14 aromatic rings. The van der Waals surface area contributed by atoms with Crippen molar-refractivity contribution in [1.29, 1.82) is 0 Å². The second kappa shape index (κ2) is 50.7. The quantitative estimate of drug-likeness (QED) is 0.0161. The van der Waals surface area contributed by atoms with E-state index < -0.39 is 18.5 Å². The molecule has 1 aliphatic heterocycles. The summed E-state index contributed by atoms with van der Waals surface area (Å²) in [5.41, 5.74) is 20.9. The lowest BCUT2D eigenvalue weighted by Gasteiger charge is -2.28. The standard InChI is InChI=1S/C30H38N4O5.C28H32N6O4.C27H30N6OS.C27H34N4O5/c1-20-27(32-29(35)31-16-23-15-21(17-36-4)13-14-26(23)22-9-8-10-22)34(24-11-6-5-7-12-24)33-28(20)37-18-25-19-38-30(2,3)39-25;1-18-26(30-28(35)29-15-22-14-20(16-36-3)12-13-24(22)21-8-7-9-21)34(23-10-5-4-6-11-23)33-27(18)37-17-25-32-31-19(2)38-25;1-18-25(21-16-29-32(2)17-21)31-33(22-10-5-4-6-11-22)26(18)30-27(34)28-15-20-14-23(35-3)12-13-24(20)19-8-7-9-19;1-18-25(31(22-9-4-3-5-10-22)30-26(18)36-17-23(33)15-32)29-27(34)28-14-21-13-19(16-35-2)11-12-24(21)20-7-6-8-20/h5-7,11-15,22,25H,8-10,16-19H2,1-4H3,(H2,31,32,35);4-6,10-14,21H,7-9,15-17H2,1-3H3,(H2,29,30,35);4-6,10-14,16-17,19H,7-9,15H2,1-3H3,(H2,28,30,34);3-5,9-13,20,23,32-33H,6-8,14-17H2,1-2H3,(H2,28,29,34)/t25-;;;23-/m0..1/s1. The number of carbonyl (C=O) groups is 4. The van der Waals surface area contributed by atoms with Crippen LogP contribution in [-0.4, -0.2) is 165 Å². The molecule has 0 radical (unpaired) electrons. The third kappa shape index (κ3) is 27.3. The summed E-state index contributed by atoms with van der Waals surface area (Å²) in [4.78, 5) is 53.6. The number of thioether (sulfide) groups is 1. The van der Waals surface area contributed by atoms with Crippen LogP contribution < -0.4 is 56.7 Å². The Morgan fingerprint density at radius 2 is 0.824 bits per heavy atom. The van der Waals surface area contributed by atoms with E-state index in [-0.39, 0.29) is 49.3 Å². The number of nitrogens with one attached hydrogen (secondary N) is 8. The number of carbonyl (C=O) groups excluding carboxylic acids is 4. The summed E-state index contributed by atoms with van der Waals surface area (Å²) in [5.74, 6) is 5.65. The summed E-state index contributed by atoms with van der Waals surface area (Å²) in [6.07, 6.45) is 19.1. The van der Waals surface area contributed by atoms with Gasteiger partial charge in [-0.25, -0.2) is 37.9 Å². The molecule has 5 aliphatic rings. The highest BCUT2D eigenvalue weighted by Gasteiger charge is 2.35. The average molecular weight is 2030 g/mol. The Labute approximate surface area is 866 Å². The van der Waals surface area contributed by atoms with Crippen LogP contribution in [0.15, 0.2) is 216 Å². The fraction of sp³-hybridized carbons (Fsp3) is 0.384. The molecule has 10 N–H and O–H groups in total. The van der Waals surface area contributed by atoms with Crippen molar-refractivity contribution in [3.8, 4) is 51.6 Å². The normalized spacial score (nSPS) is 14.9. The highest BCUT2D eigenvalue weighted by Crippen LogP contribution is 2.44. The minimum absolute atomic E-state index is 0.0703. The van der Waals surface area contributed by atoms with Gasteiger partial charge in [-0.05, 0) is 245 Å². The van der Waals surface area contributed by atoms with Crippen molar-refractivity contribution in [2.45, 2.75) is 225 Å². The molecule has 8 amide bonds. The number of rotatable bonds is 38. The van der Waals surface area contributed by atoms with Gasteiger partial charge in [0.2, 0.25) is 23.5 Å². The molecule has 35 nitrogen and oxygen atoms in total. The monoisotopic (exact) mass is 2030 g/mol. The minimum Gasteiger partial charge on any atom is -0.474 e. The Balaban J connectivity index is 0.000000141. The largest absolute Gasteiger partial charge is 0.474 e. The average Bonchev–Trinajstić information content (AvgIpc) is 1.67. The molecule has 36 heteroatoms. The Morgan fingerprint density at radius 3 is 1.16 bits per heavy atom. The predicted octanol–water partition coefficient (Wildman–Crippen LogP) is 20.2. The Bertz CT molecular complexity index is 6790. The van der Waals surface area contributed by atoms with Crippen molar-refractivity contribution in [3.63, 3.8) is 0 Å². The summed E-state index contributed by atoms with van der Waals surface area (Å²) in [6.45, 7) is 16.6. The van der Waals surface area contributed by atoms with Crippen LogP contribution in [0.4, 0.5) is 42.4 Å². The van der Waals surface area contributed by atoms with E-state index in [4.69, 9.17) is 52.5 Å². The number of hydrogen-bond donors (Lipinski definition) is 10. The number of aliphatic hydroxyl groups excluding tert-OH is 2. The van der Waals surface area contributed by atoms with E-state index in [0.29, 0.717) is 141 Å². The predicted molar refractivity (Wildman–Crippen MR) is 567 cm³/mol. The van der Waals surface area contributed by atoms with Crippen LogP contribution >= 0.6 is 11.8 Å². The lowest BCUT2D eigenvalue weighted by atomic mass is 9.78. The lowest BCUT2D eigenvalue weighted by molar-refractivity contribution is -0.141. The second-order valence-corrected chi connectivity index (χ2v) is 39.0. The second-order valence-electron chi connectivity index (χ2n) is 38.2. The van der Waals surface area contributed by atoms with Gasteiger partial charge in [0.15, 0.2) is 12.4 Å². The van der Waals surface area contributed by atoms with E-state index >= 15 is 0 Å². The van der Waals surface area contributed by atoms with Gasteiger partial charge in [0.25, 0.3) is 5.89 Å². The van der Waals surface area contributed by atoms with Crippen LogP contribution in [0.25, 0.3) is 34.0 Å². The Hall–Kier alpha value is -14.5. The van der Waals surface area contributed by atoms with E-state index in [1.807, 2.05) is 169 Å². The van der Waals surface area contributed by atoms with E-state index in [9.17, 15) is 24.3 Å². The van der Waals surface area contributed by atoms with Gasteiger partial charge in [0, 0.05) is 83.7 Å². The molecule has 2 atom stereocenters. The maximum atomic E-state index is 13.2. The Kier molecular flexibility index (Phi) is 36.4. The highest BCUT2D eigenvalue weighted by molar-refractivity contribution is 7.98. The zero-order valence-electron chi connectivity index (χ0n) is 86.0. The molecule has 0 unspecified atom stereocenters. The van der Waals surface area contributed by atoms with Crippen LogP contribution in [0.1, 0.15) is 210 Å². The molecule has 148 heavy (non-hydrogen) atoms. The number of anilines is 4. The first-order valence-corrected chi connectivity index (χ1v) is 51.7. The number of hydrogen-bond acceptors (Lipinski definition) is 23. The van der Waals surface area contributed by atoms with Crippen molar-refractivity contribution in [2.75, 3.05) is 75.3 Å². The van der Waals surface area contributed by atoms with Crippen LogP contribution in [0.2, 0.25) is 0 Å². The third-order valence-electron chi connectivity index (χ3n) is 27.1. The van der Waals surface area contributed by atoms with E-state index in [1.54, 1.807) is 76.5 Å². The highest BCUT2D eigenvalue weighted by atomic mass is 32.2. The lowest BCUT2D eigenvalue weighted by Crippen LogP contribution is -2.30. The minimum atomic E-state index is -1.02. The molecule has 1 saturated heterocycles. The molecule has 0 spiro atoms. The molecular weight excluding hydrogens is 1900 g/mol. The molecule has 6 aromatic heterocycles. The molecule has 4 aliphatic carbocycles. The van der Waals surface area contributed by atoms with Crippen molar-refractivity contribution >= 4 is 59.2 Å². The molecule has 8 aromatic carbocycles. The third-order valence-corrected chi connectivity index (χ3v) is 27.8. The summed E-state index contributed by atoms with van der Waals surface area (Å²) in [5, 5.41) is 73.6. The molecular formula is C112H134N20O15S. The summed E-state index contributed by atoms with van der Waals surface area (Å²) < 4.78 is 58.8. The van der Waals surface area contributed by atoms with Crippen molar-refractivity contribution in [3.05, 3.63) is 302 Å². The SMILES string of the molecule is COCc1ccc(C2CCC2)c(CNC(=O)Nc2c(C)c(OC[C@H](O)CO)nn2-c2ccccc2)c1.COCc1ccc(C2CCC2)c(CNC(=O)Nc2c(C)c(OC[C@H]3COC(C)(C)O3)nn2-c2ccccc2)c1.COCc1ccc(C2CCC2)c(CNC(=O)Nc2c(C)c(OCc3nnc(C)o3)nn2-c2ccccc2)c1.CSc1ccc(C2CCC2)c(CNC(=O)Nc2c(C)c(-c3cnn(C)c3)nn2-c2ccccc2)c1. The van der Waals surface area contributed by atoms with Crippen LogP contribution in [0, 0.1) is 34.6 Å². The van der Waals surface area contributed by atoms with E-state index in [0.717, 1.165) is 78.5 Å². The van der Waals surface area contributed by atoms with Crippen molar-refractivity contribution in [2.24, 2.45) is 7.05 Å². The molecule has 19 rings (SSSR count). The number of ether oxygens (including phenoxy) is 8. The van der Waals surface area contributed by atoms with Crippen LogP contribution in [0.3, 0.4) is 0 Å². The topological polar surface area (TPSA) is 407 Å². The number of urea groups is 4. The van der Waals surface area contributed by atoms with Crippen LogP contribution in [-0.2, 0) is 83.3 Å². The summed E-state index contributed by atoms with van der Waals surface area (Å²) >= 11 is 1.72. The number of aromatic nitrogens is 12.